The number of rotatable bonds is 4. The molecule has 1 aliphatic rings. The van der Waals surface area contributed by atoms with Gasteiger partial charge in [-0.05, 0) is 43.0 Å². The van der Waals surface area contributed by atoms with E-state index in [1.165, 1.54) is 31.4 Å². The number of hydrogen-bond acceptors (Lipinski definition) is 5. The Morgan fingerprint density at radius 2 is 1.78 bits per heavy atom. The molecule has 1 N–H and O–H groups in total. The smallest absolute Gasteiger partial charge is 0.269 e. The van der Waals surface area contributed by atoms with Gasteiger partial charge in [-0.25, -0.2) is 9.97 Å². The van der Waals surface area contributed by atoms with Crippen LogP contribution in [0.1, 0.15) is 32.6 Å². The topological polar surface area (TPSA) is 81.0 Å². The standard InChI is InChI=1S/C21H22N4O2/c1-14-6-2-4-8-18(14)22-21-17-7-3-5-9-19(17)23-20(24-21)15-10-12-16(13-11-15)25(26)27/h3,5,7,9-14,18H,2,4,6,8H2,1H3,(H,22,23,24)/t14-,18-/m0/s1. The molecule has 0 unspecified atom stereocenters. The predicted octanol–water partition coefficient (Wildman–Crippen LogP) is 5.20. The third kappa shape index (κ3) is 3.60. The maximum absolute atomic E-state index is 10.9. The zero-order chi connectivity index (χ0) is 18.8. The number of para-hydroxylation sites is 1. The summed E-state index contributed by atoms with van der Waals surface area (Å²) in [4.78, 5) is 19.9. The summed E-state index contributed by atoms with van der Waals surface area (Å²) in [6.45, 7) is 2.29. The van der Waals surface area contributed by atoms with E-state index in [9.17, 15) is 10.1 Å². The summed E-state index contributed by atoms with van der Waals surface area (Å²) in [6.07, 6.45) is 4.90. The van der Waals surface area contributed by atoms with Crippen LogP contribution in [0.5, 0.6) is 0 Å². The number of non-ortho nitro benzene ring substituents is 1. The van der Waals surface area contributed by atoms with E-state index in [4.69, 9.17) is 4.98 Å². The summed E-state index contributed by atoms with van der Waals surface area (Å²) < 4.78 is 0. The highest BCUT2D eigenvalue weighted by molar-refractivity contribution is 5.90. The third-order valence-electron chi connectivity index (χ3n) is 5.37. The first-order valence-corrected chi connectivity index (χ1v) is 9.40. The van der Waals surface area contributed by atoms with Crippen molar-refractivity contribution in [2.45, 2.75) is 38.6 Å². The Morgan fingerprint density at radius 3 is 2.52 bits per heavy atom. The highest BCUT2D eigenvalue weighted by Crippen LogP contribution is 2.30. The second kappa shape index (κ2) is 7.31. The van der Waals surface area contributed by atoms with Gasteiger partial charge in [-0.3, -0.25) is 10.1 Å². The number of hydrogen-bond donors (Lipinski definition) is 1. The van der Waals surface area contributed by atoms with Crippen LogP contribution in [0.15, 0.2) is 48.5 Å². The molecule has 2 atom stereocenters. The van der Waals surface area contributed by atoms with Gasteiger partial charge in [0.15, 0.2) is 5.82 Å². The van der Waals surface area contributed by atoms with Crippen LogP contribution in [0.25, 0.3) is 22.3 Å². The van der Waals surface area contributed by atoms with Crippen LogP contribution in [0.4, 0.5) is 11.5 Å². The third-order valence-corrected chi connectivity index (χ3v) is 5.37. The maximum atomic E-state index is 10.9. The lowest BCUT2D eigenvalue weighted by molar-refractivity contribution is -0.384. The summed E-state index contributed by atoms with van der Waals surface area (Å²) in [5.41, 5.74) is 1.70. The molecule has 1 heterocycles. The molecular formula is C21H22N4O2. The van der Waals surface area contributed by atoms with Crippen molar-refractivity contribution in [1.29, 1.82) is 0 Å². The average molecular weight is 362 g/mol. The van der Waals surface area contributed by atoms with Crippen LogP contribution in [0, 0.1) is 16.0 Å². The molecule has 0 saturated heterocycles. The van der Waals surface area contributed by atoms with Crippen LogP contribution in [-0.4, -0.2) is 20.9 Å². The van der Waals surface area contributed by atoms with E-state index in [0.717, 1.165) is 28.7 Å². The van der Waals surface area contributed by atoms with E-state index in [1.807, 2.05) is 24.3 Å². The van der Waals surface area contributed by atoms with Gasteiger partial charge in [0.25, 0.3) is 5.69 Å². The molecule has 4 rings (SSSR count). The van der Waals surface area contributed by atoms with E-state index < -0.39 is 4.92 Å². The van der Waals surface area contributed by atoms with Crippen LogP contribution in [0.3, 0.4) is 0 Å². The highest BCUT2D eigenvalue weighted by Gasteiger charge is 2.22. The summed E-state index contributed by atoms with van der Waals surface area (Å²) in [5.74, 6) is 2.03. The molecule has 1 aromatic heterocycles. The van der Waals surface area contributed by atoms with E-state index in [0.29, 0.717) is 17.8 Å². The lowest BCUT2D eigenvalue weighted by atomic mass is 9.86. The second-order valence-corrected chi connectivity index (χ2v) is 7.23. The van der Waals surface area contributed by atoms with Gasteiger partial charge < -0.3 is 5.32 Å². The van der Waals surface area contributed by atoms with Gasteiger partial charge in [-0.2, -0.15) is 0 Å². The van der Waals surface area contributed by atoms with Gasteiger partial charge in [0.05, 0.1) is 10.4 Å². The number of nitro benzene ring substituents is 1. The first kappa shape index (κ1) is 17.4. The van der Waals surface area contributed by atoms with Crippen molar-refractivity contribution in [2.24, 2.45) is 5.92 Å². The molecule has 1 saturated carbocycles. The number of aromatic nitrogens is 2. The number of nitrogens with one attached hydrogen (secondary N) is 1. The fourth-order valence-corrected chi connectivity index (χ4v) is 3.75. The monoisotopic (exact) mass is 362 g/mol. The van der Waals surface area contributed by atoms with Crippen molar-refractivity contribution in [3.63, 3.8) is 0 Å². The molecule has 138 valence electrons. The van der Waals surface area contributed by atoms with Gasteiger partial charge in [0.2, 0.25) is 0 Å². The Kier molecular flexibility index (Phi) is 4.71. The molecule has 0 spiro atoms. The summed E-state index contributed by atoms with van der Waals surface area (Å²) >= 11 is 0. The molecule has 3 aromatic rings. The van der Waals surface area contributed by atoms with Crippen molar-refractivity contribution < 1.29 is 4.92 Å². The summed E-state index contributed by atoms with van der Waals surface area (Å²) in [6, 6.07) is 14.8. The SMILES string of the molecule is C[C@H]1CCCC[C@@H]1Nc1nc(-c2ccc([N+](=O)[O-])cc2)nc2ccccc12. The summed E-state index contributed by atoms with van der Waals surface area (Å²) in [5, 5.41) is 15.5. The van der Waals surface area contributed by atoms with E-state index in [-0.39, 0.29) is 5.69 Å². The molecular weight excluding hydrogens is 340 g/mol. The Balaban J connectivity index is 1.74. The van der Waals surface area contributed by atoms with Gasteiger partial charge in [-0.15, -0.1) is 0 Å². The summed E-state index contributed by atoms with van der Waals surface area (Å²) in [7, 11) is 0. The van der Waals surface area contributed by atoms with Crippen LogP contribution in [0.2, 0.25) is 0 Å². The van der Waals surface area contributed by atoms with Crippen molar-refractivity contribution in [1.82, 2.24) is 9.97 Å². The molecule has 2 aromatic carbocycles. The van der Waals surface area contributed by atoms with E-state index >= 15 is 0 Å². The van der Waals surface area contributed by atoms with Crippen LogP contribution in [-0.2, 0) is 0 Å². The zero-order valence-electron chi connectivity index (χ0n) is 15.3. The van der Waals surface area contributed by atoms with E-state index in [2.05, 4.69) is 17.2 Å². The molecule has 0 amide bonds. The first-order valence-electron chi connectivity index (χ1n) is 9.40. The number of benzene rings is 2. The normalized spacial score (nSPS) is 19.7. The van der Waals surface area contributed by atoms with Gasteiger partial charge in [0, 0.05) is 29.1 Å². The predicted molar refractivity (Wildman–Crippen MR) is 107 cm³/mol. The van der Waals surface area contributed by atoms with Gasteiger partial charge in [0.1, 0.15) is 5.82 Å². The lowest BCUT2D eigenvalue weighted by Crippen LogP contribution is -2.30. The minimum absolute atomic E-state index is 0.0638. The Labute approximate surface area is 157 Å². The molecule has 6 heteroatoms. The van der Waals surface area contributed by atoms with E-state index in [1.54, 1.807) is 12.1 Å². The number of fused-ring (bicyclic) bond motifs is 1. The maximum Gasteiger partial charge on any atom is 0.269 e. The van der Waals surface area contributed by atoms with Crippen molar-refractivity contribution in [3.05, 3.63) is 58.6 Å². The fraction of sp³-hybridized carbons (Fsp3) is 0.333. The van der Waals surface area contributed by atoms with Crippen molar-refractivity contribution in [3.8, 4) is 11.4 Å². The lowest BCUT2D eigenvalue weighted by Gasteiger charge is -2.30. The van der Waals surface area contributed by atoms with Crippen LogP contribution >= 0.6 is 0 Å². The molecule has 0 aliphatic heterocycles. The Hall–Kier alpha value is -3.02. The zero-order valence-corrected chi connectivity index (χ0v) is 15.3. The molecule has 0 bridgehead atoms. The van der Waals surface area contributed by atoms with Crippen LogP contribution < -0.4 is 5.32 Å². The van der Waals surface area contributed by atoms with Gasteiger partial charge in [-0.1, -0.05) is 31.9 Å². The fourth-order valence-electron chi connectivity index (χ4n) is 3.75. The molecule has 6 nitrogen and oxygen atoms in total. The molecule has 1 aliphatic carbocycles. The number of anilines is 1. The largest absolute Gasteiger partial charge is 0.366 e. The molecule has 0 radical (unpaired) electrons. The van der Waals surface area contributed by atoms with Crippen molar-refractivity contribution in [2.75, 3.05) is 5.32 Å². The highest BCUT2D eigenvalue weighted by atomic mass is 16.6. The number of nitrogens with zero attached hydrogens (tertiary/aromatic N) is 3. The minimum Gasteiger partial charge on any atom is -0.366 e. The molecule has 1 fully saturated rings. The van der Waals surface area contributed by atoms with Gasteiger partial charge >= 0.3 is 0 Å². The second-order valence-electron chi connectivity index (χ2n) is 7.23. The first-order chi connectivity index (χ1) is 13.1. The minimum atomic E-state index is -0.400. The average Bonchev–Trinajstić information content (AvgIpc) is 2.69. The Morgan fingerprint density at radius 1 is 1.04 bits per heavy atom. The quantitative estimate of drug-likeness (QED) is 0.510. The number of nitro groups is 1. The van der Waals surface area contributed by atoms with Crippen molar-refractivity contribution >= 4 is 22.4 Å². The Bertz CT molecular complexity index is 972. The molecule has 27 heavy (non-hydrogen) atoms.